The highest BCUT2D eigenvalue weighted by atomic mass is 127. The highest BCUT2D eigenvalue weighted by Gasteiger charge is 2.19. The van der Waals surface area contributed by atoms with Crippen LogP contribution < -0.4 is 10.1 Å². The largest absolute Gasteiger partial charge is 0.450 e. The normalized spacial score (nSPS) is 10.4. The molecule has 2 aromatic rings. The number of nitro benzene ring substituents is 1. The van der Waals surface area contributed by atoms with Crippen molar-refractivity contribution in [3.63, 3.8) is 0 Å². The Labute approximate surface area is 134 Å². The Bertz CT molecular complexity index is 679. The van der Waals surface area contributed by atoms with Crippen molar-refractivity contribution in [1.82, 2.24) is 5.32 Å². The van der Waals surface area contributed by atoms with Gasteiger partial charge in [-0.15, -0.1) is 0 Å². The number of nitrogens with one attached hydrogen (secondary N) is 1. The Balaban J connectivity index is 2.36. The third-order valence-electron chi connectivity index (χ3n) is 2.71. The van der Waals surface area contributed by atoms with Crippen LogP contribution in [0.25, 0.3) is 0 Å². The Kier molecular flexibility index (Phi) is 5.07. The summed E-state index contributed by atoms with van der Waals surface area (Å²) in [7, 11) is 1.81. The minimum atomic E-state index is -0.589. The molecule has 0 atom stereocenters. The zero-order chi connectivity index (χ0) is 15.4. The molecule has 0 radical (unpaired) electrons. The Hall–Kier alpha value is -1.74. The first-order valence-corrected chi connectivity index (χ1v) is 7.14. The van der Waals surface area contributed by atoms with Gasteiger partial charge in [0, 0.05) is 18.7 Å². The molecule has 0 heterocycles. The molecule has 1 N–H and O–H groups in total. The maximum absolute atomic E-state index is 13.6. The van der Waals surface area contributed by atoms with Crippen molar-refractivity contribution in [2.45, 2.75) is 6.54 Å². The number of benzene rings is 2. The van der Waals surface area contributed by atoms with Crippen molar-refractivity contribution in [2.24, 2.45) is 0 Å². The van der Waals surface area contributed by atoms with Crippen molar-refractivity contribution < 1.29 is 14.1 Å². The summed E-state index contributed by atoms with van der Waals surface area (Å²) in [6.45, 7) is 0.639. The lowest BCUT2D eigenvalue weighted by Gasteiger charge is -2.09. The molecule has 0 spiro atoms. The van der Waals surface area contributed by atoms with Crippen LogP contribution in [-0.2, 0) is 6.54 Å². The number of hydrogen-bond donors (Lipinski definition) is 1. The van der Waals surface area contributed by atoms with Crippen molar-refractivity contribution in [1.29, 1.82) is 0 Å². The van der Waals surface area contributed by atoms with E-state index >= 15 is 0 Å². The lowest BCUT2D eigenvalue weighted by molar-refractivity contribution is -0.385. The van der Waals surface area contributed by atoms with Gasteiger partial charge in [0.2, 0.25) is 5.75 Å². The maximum atomic E-state index is 13.6. The molecule has 21 heavy (non-hydrogen) atoms. The molecule has 0 aromatic heterocycles. The fourth-order valence-corrected chi connectivity index (χ4v) is 2.24. The summed E-state index contributed by atoms with van der Waals surface area (Å²) < 4.78 is 19.3. The average molecular weight is 402 g/mol. The van der Waals surface area contributed by atoms with E-state index in [0.29, 0.717) is 12.3 Å². The number of halogens is 2. The van der Waals surface area contributed by atoms with Crippen LogP contribution in [0.5, 0.6) is 11.5 Å². The predicted octanol–water partition coefficient (Wildman–Crippen LogP) is 3.85. The molecule has 0 amide bonds. The lowest BCUT2D eigenvalue weighted by Crippen LogP contribution is -2.04. The molecule has 5 nitrogen and oxygen atoms in total. The number of nitro groups is 1. The van der Waals surface area contributed by atoms with Crippen molar-refractivity contribution >= 4 is 28.3 Å². The first-order valence-electron chi connectivity index (χ1n) is 6.06. The van der Waals surface area contributed by atoms with Gasteiger partial charge in [-0.3, -0.25) is 10.1 Å². The number of hydrogen-bond acceptors (Lipinski definition) is 4. The molecule has 0 unspecified atom stereocenters. The first kappa shape index (κ1) is 15.6. The van der Waals surface area contributed by atoms with E-state index in [2.05, 4.69) is 5.32 Å². The molecular weight excluding hydrogens is 390 g/mol. The predicted molar refractivity (Wildman–Crippen MR) is 85.1 cm³/mol. The monoisotopic (exact) mass is 402 g/mol. The molecule has 7 heteroatoms. The second-order valence-electron chi connectivity index (χ2n) is 4.27. The highest BCUT2D eigenvalue weighted by molar-refractivity contribution is 14.1. The topological polar surface area (TPSA) is 64.4 Å². The molecule has 0 aliphatic carbocycles. The standard InChI is InChI=1S/C14H12FIN2O3/c1-17-8-9-3-2-4-10(5-9)21-14-6-11(15)12(16)7-13(14)18(19)20/h2-7,17H,8H2,1H3. The molecule has 0 saturated heterocycles. The van der Waals surface area contributed by atoms with E-state index in [9.17, 15) is 14.5 Å². The zero-order valence-electron chi connectivity index (χ0n) is 11.1. The quantitative estimate of drug-likeness (QED) is 0.469. The third kappa shape index (κ3) is 3.88. The molecule has 0 bridgehead atoms. The van der Waals surface area contributed by atoms with Crippen LogP contribution in [0.2, 0.25) is 0 Å². The summed E-state index contributed by atoms with van der Waals surface area (Å²) in [6, 6.07) is 9.27. The lowest BCUT2D eigenvalue weighted by atomic mass is 10.2. The number of ether oxygens (including phenoxy) is 1. The van der Waals surface area contributed by atoms with Gasteiger partial charge in [-0.2, -0.15) is 0 Å². The summed E-state index contributed by atoms with van der Waals surface area (Å²) in [4.78, 5) is 10.4. The number of nitrogens with zero attached hydrogens (tertiary/aromatic N) is 1. The number of rotatable bonds is 5. The minimum Gasteiger partial charge on any atom is -0.450 e. The molecule has 0 fully saturated rings. The highest BCUT2D eigenvalue weighted by Crippen LogP contribution is 2.34. The van der Waals surface area contributed by atoms with Crippen molar-refractivity contribution in [2.75, 3.05) is 7.05 Å². The van der Waals surface area contributed by atoms with Gasteiger partial charge in [0.15, 0.2) is 0 Å². The van der Waals surface area contributed by atoms with Gasteiger partial charge in [0.25, 0.3) is 0 Å². The van der Waals surface area contributed by atoms with Gasteiger partial charge < -0.3 is 10.1 Å². The van der Waals surface area contributed by atoms with Gasteiger partial charge in [-0.25, -0.2) is 4.39 Å². The SMILES string of the molecule is CNCc1cccc(Oc2cc(F)c(I)cc2[N+](=O)[O-])c1. The van der Waals surface area contributed by atoms with E-state index in [4.69, 9.17) is 4.74 Å². The molecule has 110 valence electrons. The minimum absolute atomic E-state index is 0.112. The second-order valence-corrected chi connectivity index (χ2v) is 5.43. The molecular formula is C14H12FIN2O3. The van der Waals surface area contributed by atoms with Crippen molar-refractivity contribution in [3.05, 3.63) is 61.5 Å². The summed E-state index contributed by atoms with van der Waals surface area (Å²) in [5.74, 6) is -0.242. The summed E-state index contributed by atoms with van der Waals surface area (Å²) >= 11 is 1.70. The van der Waals surface area contributed by atoms with Crippen LogP contribution in [-0.4, -0.2) is 12.0 Å². The fourth-order valence-electron chi connectivity index (χ4n) is 1.79. The van der Waals surface area contributed by atoms with E-state index in [0.717, 1.165) is 17.7 Å². The van der Waals surface area contributed by atoms with Crippen LogP contribution in [0.15, 0.2) is 36.4 Å². The van der Waals surface area contributed by atoms with Crippen LogP contribution in [0, 0.1) is 19.5 Å². The summed E-state index contributed by atoms with van der Waals surface area (Å²) in [6.07, 6.45) is 0. The summed E-state index contributed by atoms with van der Waals surface area (Å²) in [5, 5.41) is 14.0. The molecule has 2 aromatic carbocycles. The third-order valence-corrected chi connectivity index (χ3v) is 3.53. The van der Waals surface area contributed by atoms with E-state index in [-0.39, 0.29) is 15.0 Å². The Morgan fingerprint density at radius 3 is 2.81 bits per heavy atom. The van der Waals surface area contributed by atoms with Crippen molar-refractivity contribution in [3.8, 4) is 11.5 Å². The van der Waals surface area contributed by atoms with Crippen LogP contribution in [0.3, 0.4) is 0 Å². The van der Waals surface area contributed by atoms with E-state index in [1.54, 1.807) is 40.8 Å². The smallest absolute Gasteiger partial charge is 0.312 e. The van der Waals surface area contributed by atoms with E-state index in [1.807, 2.05) is 13.1 Å². The van der Waals surface area contributed by atoms with Crippen LogP contribution >= 0.6 is 22.6 Å². The average Bonchev–Trinajstić information content (AvgIpc) is 2.43. The first-order chi connectivity index (χ1) is 10.0. The maximum Gasteiger partial charge on any atom is 0.312 e. The second kappa shape index (κ2) is 6.81. The van der Waals surface area contributed by atoms with Gasteiger partial charge >= 0.3 is 5.69 Å². The Morgan fingerprint density at radius 1 is 1.38 bits per heavy atom. The van der Waals surface area contributed by atoms with E-state index < -0.39 is 10.7 Å². The van der Waals surface area contributed by atoms with Crippen LogP contribution in [0.1, 0.15) is 5.56 Å². The molecule has 0 aliphatic rings. The van der Waals surface area contributed by atoms with Gasteiger partial charge in [-0.05, 0) is 47.3 Å². The molecule has 2 rings (SSSR count). The fraction of sp³-hybridized carbons (Fsp3) is 0.143. The molecule has 0 aliphatic heterocycles. The van der Waals surface area contributed by atoms with Gasteiger partial charge in [-0.1, -0.05) is 12.1 Å². The van der Waals surface area contributed by atoms with Crippen LogP contribution in [0.4, 0.5) is 10.1 Å². The summed E-state index contributed by atoms with van der Waals surface area (Å²) in [5.41, 5.74) is 0.698. The molecule has 0 saturated carbocycles. The zero-order valence-corrected chi connectivity index (χ0v) is 13.3. The van der Waals surface area contributed by atoms with E-state index in [1.165, 1.54) is 0 Å². The van der Waals surface area contributed by atoms with Gasteiger partial charge in [0.05, 0.1) is 8.49 Å². The Morgan fingerprint density at radius 2 is 2.14 bits per heavy atom. The van der Waals surface area contributed by atoms with Gasteiger partial charge in [0.1, 0.15) is 11.6 Å².